The highest BCUT2D eigenvalue weighted by atomic mass is 127. The van der Waals surface area contributed by atoms with Gasteiger partial charge in [-0.15, -0.1) is 0 Å². The van der Waals surface area contributed by atoms with Gasteiger partial charge < -0.3 is 5.32 Å². The summed E-state index contributed by atoms with van der Waals surface area (Å²) in [4.78, 5) is 12.2. The van der Waals surface area contributed by atoms with E-state index in [4.69, 9.17) is 0 Å². The first-order valence-corrected chi connectivity index (χ1v) is 8.21. The molecule has 0 atom stereocenters. The van der Waals surface area contributed by atoms with Crippen molar-refractivity contribution >= 4 is 50.1 Å². The van der Waals surface area contributed by atoms with Crippen molar-refractivity contribution in [2.24, 2.45) is 5.92 Å². The van der Waals surface area contributed by atoms with Gasteiger partial charge in [-0.2, -0.15) is 0 Å². The predicted octanol–water partition coefficient (Wildman–Crippen LogP) is 5.21. The lowest BCUT2D eigenvalue weighted by Gasteiger charge is -2.15. The van der Waals surface area contributed by atoms with Crippen molar-refractivity contribution in [3.63, 3.8) is 0 Å². The van der Waals surface area contributed by atoms with E-state index in [1.165, 1.54) is 0 Å². The van der Waals surface area contributed by atoms with E-state index >= 15 is 0 Å². The topological polar surface area (TPSA) is 29.1 Å². The molecule has 0 radical (unpaired) electrons. The standard InChI is InChI=1S/C14H19BrINO/c1-3-5-10(6-4-2)14(18)17-11-7-8-12(15)13(16)9-11/h7-10H,3-6H2,1-2H3,(H,17,18). The maximum atomic E-state index is 12.2. The molecule has 18 heavy (non-hydrogen) atoms. The number of hydrogen-bond acceptors (Lipinski definition) is 1. The lowest BCUT2D eigenvalue weighted by molar-refractivity contribution is -0.120. The number of benzene rings is 1. The normalized spacial score (nSPS) is 10.7. The lowest BCUT2D eigenvalue weighted by Crippen LogP contribution is -2.22. The Morgan fingerprint density at radius 3 is 2.44 bits per heavy atom. The molecule has 0 aromatic heterocycles. The summed E-state index contributed by atoms with van der Waals surface area (Å²) in [6.07, 6.45) is 4.03. The van der Waals surface area contributed by atoms with Gasteiger partial charge in [-0.05, 0) is 69.6 Å². The Kier molecular flexibility index (Phi) is 7.22. The SMILES string of the molecule is CCCC(CCC)C(=O)Nc1ccc(Br)c(I)c1. The number of anilines is 1. The second kappa shape index (κ2) is 8.15. The van der Waals surface area contributed by atoms with Crippen LogP contribution < -0.4 is 5.32 Å². The van der Waals surface area contributed by atoms with E-state index in [9.17, 15) is 4.79 Å². The number of rotatable bonds is 6. The first kappa shape index (κ1) is 16.0. The molecular weight excluding hydrogens is 405 g/mol. The predicted molar refractivity (Wildman–Crippen MR) is 88.8 cm³/mol. The summed E-state index contributed by atoms with van der Waals surface area (Å²) in [5.74, 6) is 0.290. The van der Waals surface area contributed by atoms with Crippen molar-refractivity contribution in [3.8, 4) is 0 Å². The van der Waals surface area contributed by atoms with Gasteiger partial charge in [0.25, 0.3) is 0 Å². The van der Waals surface area contributed by atoms with Crippen LogP contribution in [0.5, 0.6) is 0 Å². The Morgan fingerprint density at radius 2 is 1.94 bits per heavy atom. The zero-order valence-corrected chi connectivity index (χ0v) is 14.5. The van der Waals surface area contributed by atoms with Crippen LogP contribution in [-0.4, -0.2) is 5.91 Å². The van der Waals surface area contributed by atoms with Crippen LogP contribution in [0.25, 0.3) is 0 Å². The molecule has 2 nitrogen and oxygen atoms in total. The summed E-state index contributed by atoms with van der Waals surface area (Å²) in [6.45, 7) is 4.25. The molecule has 0 aliphatic carbocycles. The van der Waals surface area contributed by atoms with Crippen molar-refractivity contribution in [1.29, 1.82) is 0 Å². The van der Waals surface area contributed by atoms with Gasteiger partial charge in [0.15, 0.2) is 0 Å². The molecule has 1 aromatic rings. The molecule has 0 aliphatic rings. The molecule has 0 aliphatic heterocycles. The van der Waals surface area contributed by atoms with Crippen molar-refractivity contribution in [1.82, 2.24) is 0 Å². The summed E-state index contributed by atoms with van der Waals surface area (Å²) in [7, 11) is 0. The second-order valence-electron chi connectivity index (χ2n) is 4.39. The fourth-order valence-corrected chi connectivity index (χ4v) is 2.68. The summed E-state index contributed by atoms with van der Waals surface area (Å²) in [5.41, 5.74) is 0.879. The molecule has 0 fully saturated rings. The van der Waals surface area contributed by atoms with E-state index in [1.807, 2.05) is 18.2 Å². The summed E-state index contributed by atoms with van der Waals surface area (Å²) in [6, 6.07) is 5.88. The van der Waals surface area contributed by atoms with Gasteiger partial charge in [0.05, 0.1) is 0 Å². The Labute approximate surface area is 131 Å². The second-order valence-corrected chi connectivity index (χ2v) is 6.41. The minimum Gasteiger partial charge on any atom is -0.326 e. The molecule has 0 heterocycles. The van der Waals surface area contributed by atoms with Gasteiger partial charge in [-0.1, -0.05) is 26.7 Å². The van der Waals surface area contributed by atoms with Crippen molar-refractivity contribution in [3.05, 3.63) is 26.2 Å². The molecule has 1 aromatic carbocycles. The van der Waals surface area contributed by atoms with Gasteiger partial charge in [-0.25, -0.2) is 0 Å². The molecule has 0 bridgehead atoms. The van der Waals surface area contributed by atoms with Gasteiger partial charge in [0.2, 0.25) is 5.91 Å². The number of amides is 1. The number of hydrogen-bond donors (Lipinski definition) is 1. The van der Waals surface area contributed by atoms with Crippen LogP contribution in [0, 0.1) is 9.49 Å². The maximum absolute atomic E-state index is 12.2. The van der Waals surface area contributed by atoms with Crippen LogP contribution in [0.3, 0.4) is 0 Å². The van der Waals surface area contributed by atoms with Crippen LogP contribution in [0.15, 0.2) is 22.7 Å². The van der Waals surface area contributed by atoms with Gasteiger partial charge in [0.1, 0.15) is 0 Å². The summed E-state index contributed by atoms with van der Waals surface area (Å²) in [5, 5.41) is 3.02. The number of carbonyl (C=O) groups excluding carboxylic acids is 1. The Balaban J connectivity index is 2.69. The molecule has 0 unspecified atom stereocenters. The molecular formula is C14H19BrINO. The Bertz CT molecular complexity index is 403. The third kappa shape index (κ3) is 4.88. The number of halogens is 2. The molecule has 0 saturated carbocycles. The Hall–Kier alpha value is -0.100. The quantitative estimate of drug-likeness (QED) is 0.625. The highest BCUT2D eigenvalue weighted by Gasteiger charge is 2.16. The fraction of sp³-hybridized carbons (Fsp3) is 0.500. The van der Waals surface area contributed by atoms with Crippen LogP contribution in [0.2, 0.25) is 0 Å². The van der Waals surface area contributed by atoms with Crippen LogP contribution in [0.1, 0.15) is 39.5 Å². The van der Waals surface area contributed by atoms with E-state index in [0.29, 0.717) is 0 Å². The smallest absolute Gasteiger partial charge is 0.227 e. The van der Waals surface area contributed by atoms with E-state index in [2.05, 4.69) is 57.7 Å². The van der Waals surface area contributed by atoms with Crippen molar-refractivity contribution < 1.29 is 4.79 Å². The maximum Gasteiger partial charge on any atom is 0.227 e. The van der Waals surface area contributed by atoms with E-state index in [0.717, 1.165) is 39.4 Å². The van der Waals surface area contributed by atoms with Gasteiger partial charge in [-0.3, -0.25) is 4.79 Å². The molecule has 1 rings (SSSR count). The minimum atomic E-state index is 0.140. The molecule has 0 saturated heterocycles. The Morgan fingerprint density at radius 1 is 1.33 bits per heavy atom. The molecule has 4 heteroatoms. The van der Waals surface area contributed by atoms with Crippen LogP contribution in [-0.2, 0) is 4.79 Å². The van der Waals surface area contributed by atoms with Gasteiger partial charge in [0, 0.05) is 19.6 Å². The first-order valence-electron chi connectivity index (χ1n) is 6.34. The van der Waals surface area contributed by atoms with Crippen molar-refractivity contribution in [2.75, 3.05) is 5.32 Å². The zero-order valence-electron chi connectivity index (χ0n) is 10.8. The van der Waals surface area contributed by atoms with Crippen LogP contribution >= 0.6 is 38.5 Å². The van der Waals surface area contributed by atoms with E-state index in [1.54, 1.807) is 0 Å². The fourth-order valence-electron chi connectivity index (χ4n) is 1.92. The summed E-state index contributed by atoms with van der Waals surface area (Å²) < 4.78 is 2.16. The van der Waals surface area contributed by atoms with E-state index in [-0.39, 0.29) is 11.8 Å². The third-order valence-electron chi connectivity index (χ3n) is 2.83. The largest absolute Gasteiger partial charge is 0.326 e. The highest BCUT2D eigenvalue weighted by molar-refractivity contribution is 14.1. The van der Waals surface area contributed by atoms with Crippen molar-refractivity contribution in [2.45, 2.75) is 39.5 Å². The monoisotopic (exact) mass is 423 g/mol. The van der Waals surface area contributed by atoms with E-state index < -0.39 is 0 Å². The highest BCUT2D eigenvalue weighted by Crippen LogP contribution is 2.23. The lowest BCUT2D eigenvalue weighted by atomic mass is 9.97. The third-order valence-corrected chi connectivity index (χ3v) is 5.16. The van der Waals surface area contributed by atoms with Gasteiger partial charge >= 0.3 is 0 Å². The number of carbonyl (C=O) groups is 1. The molecule has 1 N–H and O–H groups in total. The number of nitrogens with one attached hydrogen (secondary N) is 1. The molecule has 1 amide bonds. The average Bonchev–Trinajstić information content (AvgIpc) is 2.33. The van der Waals surface area contributed by atoms with Crippen LogP contribution in [0.4, 0.5) is 5.69 Å². The summed E-state index contributed by atoms with van der Waals surface area (Å²) >= 11 is 5.70. The first-order chi connectivity index (χ1) is 8.58. The minimum absolute atomic E-state index is 0.140. The zero-order chi connectivity index (χ0) is 13.5. The molecule has 100 valence electrons. The average molecular weight is 424 g/mol. The molecule has 0 spiro atoms.